The smallest absolute Gasteiger partial charge is 0.254 e. The number of para-hydroxylation sites is 1. The zero-order valence-electron chi connectivity index (χ0n) is 14.0. The summed E-state index contributed by atoms with van der Waals surface area (Å²) < 4.78 is 1.21. The zero-order chi connectivity index (χ0) is 17.2. The molecule has 1 saturated heterocycles. The molecule has 4 rings (SSSR count). The first-order valence-corrected chi connectivity index (χ1v) is 10.3. The highest BCUT2D eigenvalue weighted by molar-refractivity contribution is 7.98. The van der Waals surface area contributed by atoms with Gasteiger partial charge in [-0.05, 0) is 36.6 Å². The molecule has 1 fully saturated rings. The number of thiazole rings is 1. The molecule has 3 aromatic rings. The predicted octanol–water partition coefficient (Wildman–Crippen LogP) is 3.98. The normalized spacial score (nSPS) is 14.9. The van der Waals surface area contributed by atoms with Crippen LogP contribution in [0.15, 0.2) is 53.4 Å². The Balaban J connectivity index is 1.44. The van der Waals surface area contributed by atoms with Gasteiger partial charge in [0.15, 0.2) is 5.13 Å². The van der Waals surface area contributed by atoms with Gasteiger partial charge in [-0.15, -0.1) is 11.8 Å². The number of benzene rings is 2. The van der Waals surface area contributed by atoms with Gasteiger partial charge in [-0.1, -0.05) is 29.5 Å². The lowest BCUT2D eigenvalue weighted by Gasteiger charge is -2.34. The number of aromatic nitrogens is 1. The molecule has 0 spiro atoms. The van der Waals surface area contributed by atoms with E-state index in [1.807, 2.05) is 53.6 Å². The molecule has 1 amide bonds. The highest BCUT2D eigenvalue weighted by Gasteiger charge is 2.24. The Kier molecular flexibility index (Phi) is 4.63. The third-order valence-electron chi connectivity index (χ3n) is 4.44. The summed E-state index contributed by atoms with van der Waals surface area (Å²) in [6.07, 6.45) is 2.03. The molecule has 1 aliphatic rings. The van der Waals surface area contributed by atoms with Crippen LogP contribution in [-0.4, -0.2) is 48.2 Å². The van der Waals surface area contributed by atoms with Crippen LogP contribution >= 0.6 is 23.1 Å². The molecule has 128 valence electrons. The molecular weight excluding hydrogens is 350 g/mol. The van der Waals surface area contributed by atoms with Crippen LogP contribution in [0.1, 0.15) is 10.4 Å². The summed E-state index contributed by atoms with van der Waals surface area (Å²) in [5.74, 6) is 0.125. The molecule has 1 aliphatic heterocycles. The summed E-state index contributed by atoms with van der Waals surface area (Å²) in [5, 5.41) is 1.05. The maximum Gasteiger partial charge on any atom is 0.254 e. The molecule has 2 aromatic carbocycles. The third kappa shape index (κ3) is 3.37. The van der Waals surface area contributed by atoms with E-state index < -0.39 is 0 Å². The Labute approximate surface area is 155 Å². The van der Waals surface area contributed by atoms with E-state index in [1.165, 1.54) is 4.70 Å². The van der Waals surface area contributed by atoms with Gasteiger partial charge < -0.3 is 9.80 Å². The Morgan fingerprint density at radius 1 is 1.08 bits per heavy atom. The fourth-order valence-electron chi connectivity index (χ4n) is 3.03. The minimum atomic E-state index is 0.125. The molecule has 1 aromatic heterocycles. The molecule has 0 bridgehead atoms. The summed E-state index contributed by atoms with van der Waals surface area (Å²) in [5.41, 5.74) is 1.83. The van der Waals surface area contributed by atoms with Crippen molar-refractivity contribution >= 4 is 44.4 Å². The summed E-state index contributed by atoms with van der Waals surface area (Å²) in [7, 11) is 0. The van der Waals surface area contributed by atoms with E-state index in [0.29, 0.717) is 0 Å². The highest BCUT2D eigenvalue weighted by atomic mass is 32.2. The van der Waals surface area contributed by atoms with Crippen LogP contribution in [0.2, 0.25) is 0 Å². The van der Waals surface area contributed by atoms with Crippen molar-refractivity contribution in [2.45, 2.75) is 4.90 Å². The van der Waals surface area contributed by atoms with Crippen LogP contribution in [0.5, 0.6) is 0 Å². The Morgan fingerprint density at radius 3 is 2.64 bits per heavy atom. The number of hydrogen-bond donors (Lipinski definition) is 0. The van der Waals surface area contributed by atoms with Gasteiger partial charge in [-0.2, -0.15) is 0 Å². The van der Waals surface area contributed by atoms with Gasteiger partial charge in [0.05, 0.1) is 10.2 Å². The number of thioether (sulfide) groups is 1. The van der Waals surface area contributed by atoms with E-state index in [1.54, 1.807) is 23.1 Å². The second-order valence-corrected chi connectivity index (χ2v) is 7.86. The number of carbonyl (C=O) groups is 1. The van der Waals surface area contributed by atoms with Crippen LogP contribution in [0.25, 0.3) is 10.2 Å². The van der Waals surface area contributed by atoms with Crippen molar-refractivity contribution in [3.8, 4) is 0 Å². The van der Waals surface area contributed by atoms with Gasteiger partial charge in [0.2, 0.25) is 0 Å². The number of nitrogens with zero attached hydrogens (tertiary/aromatic N) is 3. The van der Waals surface area contributed by atoms with Crippen molar-refractivity contribution in [2.24, 2.45) is 0 Å². The average Bonchev–Trinajstić information content (AvgIpc) is 3.12. The van der Waals surface area contributed by atoms with E-state index in [9.17, 15) is 4.79 Å². The van der Waals surface area contributed by atoms with Crippen molar-refractivity contribution in [1.29, 1.82) is 0 Å². The lowest BCUT2D eigenvalue weighted by molar-refractivity contribution is 0.0746. The SMILES string of the molecule is CSc1cccc(C(=O)N2CCN(c3nc4ccccc4s3)CC2)c1. The summed E-state index contributed by atoms with van der Waals surface area (Å²) >= 11 is 3.38. The van der Waals surface area contributed by atoms with E-state index in [2.05, 4.69) is 11.0 Å². The maximum atomic E-state index is 12.7. The monoisotopic (exact) mass is 369 g/mol. The van der Waals surface area contributed by atoms with Gasteiger partial charge in [0.25, 0.3) is 5.91 Å². The molecule has 0 atom stereocenters. The Hall–Kier alpha value is -2.05. The van der Waals surface area contributed by atoms with E-state index in [0.717, 1.165) is 47.3 Å². The minimum Gasteiger partial charge on any atom is -0.345 e. The average molecular weight is 370 g/mol. The third-order valence-corrected chi connectivity index (χ3v) is 6.26. The molecule has 0 aliphatic carbocycles. The van der Waals surface area contributed by atoms with E-state index in [-0.39, 0.29) is 5.91 Å². The number of hydrogen-bond acceptors (Lipinski definition) is 5. The van der Waals surface area contributed by atoms with Gasteiger partial charge in [0, 0.05) is 36.6 Å². The molecular formula is C19H19N3OS2. The largest absolute Gasteiger partial charge is 0.345 e. The van der Waals surface area contributed by atoms with Gasteiger partial charge in [-0.25, -0.2) is 4.98 Å². The van der Waals surface area contributed by atoms with E-state index in [4.69, 9.17) is 4.98 Å². The molecule has 0 N–H and O–H groups in total. The number of carbonyl (C=O) groups excluding carboxylic acids is 1. The van der Waals surface area contributed by atoms with Gasteiger partial charge >= 0.3 is 0 Å². The lowest BCUT2D eigenvalue weighted by atomic mass is 10.2. The number of amides is 1. The summed E-state index contributed by atoms with van der Waals surface area (Å²) in [6.45, 7) is 3.12. The maximum absolute atomic E-state index is 12.7. The quantitative estimate of drug-likeness (QED) is 0.655. The Bertz CT molecular complexity index is 867. The number of piperazine rings is 1. The zero-order valence-corrected chi connectivity index (χ0v) is 15.6. The van der Waals surface area contributed by atoms with Crippen molar-refractivity contribution in [1.82, 2.24) is 9.88 Å². The van der Waals surface area contributed by atoms with Crippen LogP contribution in [-0.2, 0) is 0 Å². The molecule has 0 saturated carbocycles. The summed E-state index contributed by atoms with van der Waals surface area (Å²) in [4.78, 5) is 22.8. The molecule has 0 unspecified atom stereocenters. The molecule has 6 heteroatoms. The van der Waals surface area contributed by atoms with Gasteiger partial charge in [-0.3, -0.25) is 4.79 Å². The van der Waals surface area contributed by atoms with Crippen LogP contribution in [0, 0.1) is 0 Å². The first-order chi connectivity index (χ1) is 12.2. The van der Waals surface area contributed by atoms with Crippen LogP contribution in [0.3, 0.4) is 0 Å². The van der Waals surface area contributed by atoms with Crippen molar-refractivity contribution < 1.29 is 4.79 Å². The first kappa shape index (κ1) is 16.4. The minimum absolute atomic E-state index is 0.125. The van der Waals surface area contributed by atoms with Crippen LogP contribution in [0.4, 0.5) is 5.13 Å². The number of anilines is 1. The number of fused-ring (bicyclic) bond motifs is 1. The topological polar surface area (TPSA) is 36.4 Å². The van der Waals surface area contributed by atoms with Crippen molar-refractivity contribution in [2.75, 3.05) is 37.3 Å². The van der Waals surface area contributed by atoms with Crippen molar-refractivity contribution in [3.05, 3.63) is 54.1 Å². The second kappa shape index (κ2) is 7.06. The predicted molar refractivity (Wildman–Crippen MR) is 106 cm³/mol. The molecule has 25 heavy (non-hydrogen) atoms. The second-order valence-electron chi connectivity index (χ2n) is 5.98. The first-order valence-electron chi connectivity index (χ1n) is 8.28. The molecule has 2 heterocycles. The fraction of sp³-hybridized carbons (Fsp3) is 0.263. The van der Waals surface area contributed by atoms with Crippen LogP contribution < -0.4 is 4.90 Å². The van der Waals surface area contributed by atoms with Gasteiger partial charge in [0.1, 0.15) is 0 Å². The lowest BCUT2D eigenvalue weighted by Crippen LogP contribution is -2.48. The highest BCUT2D eigenvalue weighted by Crippen LogP contribution is 2.29. The molecule has 0 radical (unpaired) electrons. The standard InChI is InChI=1S/C19H19N3OS2/c1-24-15-6-4-5-14(13-15)18(23)21-9-11-22(12-10-21)19-20-16-7-2-3-8-17(16)25-19/h2-8,13H,9-12H2,1H3. The summed E-state index contributed by atoms with van der Waals surface area (Å²) in [6, 6.07) is 16.1. The Morgan fingerprint density at radius 2 is 1.88 bits per heavy atom. The molecule has 4 nitrogen and oxygen atoms in total. The van der Waals surface area contributed by atoms with Crippen molar-refractivity contribution in [3.63, 3.8) is 0 Å². The number of rotatable bonds is 3. The fourth-order valence-corrected chi connectivity index (χ4v) is 4.51. The van der Waals surface area contributed by atoms with E-state index >= 15 is 0 Å².